The quantitative estimate of drug-likeness (QED) is 0.674. The van der Waals surface area contributed by atoms with Gasteiger partial charge in [-0.3, -0.25) is 14.7 Å². The van der Waals surface area contributed by atoms with E-state index in [1.165, 1.54) is 0 Å². The molecule has 1 heterocycles. The fraction of sp³-hybridized carbons (Fsp3) is 0.455. The van der Waals surface area contributed by atoms with E-state index in [2.05, 4.69) is 42.9 Å². The molecule has 2 rings (SSSR count). The number of hydrogen-bond donors (Lipinski definition) is 1. The molecule has 0 bridgehead atoms. The number of nitrogens with zero attached hydrogens (tertiary/aromatic N) is 2. The number of pyridine rings is 1. The van der Waals surface area contributed by atoms with Gasteiger partial charge in [0.2, 0.25) is 5.91 Å². The summed E-state index contributed by atoms with van der Waals surface area (Å²) >= 11 is 0. The second-order valence-electron chi connectivity index (χ2n) is 7.23. The Morgan fingerprint density at radius 1 is 1.14 bits per heavy atom. The SMILES string of the molecule is COc1ccc(NC(=O)Cc2cccnc2)cc1OCCN(C(C)C)C(C)C. The van der Waals surface area contributed by atoms with Crippen molar-refractivity contribution < 1.29 is 14.3 Å². The van der Waals surface area contributed by atoms with Crippen molar-refractivity contribution in [3.05, 3.63) is 48.3 Å². The first-order valence-electron chi connectivity index (χ1n) is 9.66. The molecule has 1 aromatic carbocycles. The molecule has 28 heavy (non-hydrogen) atoms. The number of nitrogens with one attached hydrogen (secondary N) is 1. The van der Waals surface area contributed by atoms with Crippen LogP contribution in [0.25, 0.3) is 0 Å². The number of methoxy groups -OCH3 is 1. The van der Waals surface area contributed by atoms with Crippen molar-refractivity contribution in [2.75, 3.05) is 25.6 Å². The van der Waals surface area contributed by atoms with Crippen LogP contribution in [-0.4, -0.2) is 48.1 Å². The number of rotatable bonds is 10. The molecule has 1 N–H and O–H groups in total. The highest BCUT2D eigenvalue weighted by Crippen LogP contribution is 2.30. The van der Waals surface area contributed by atoms with Gasteiger partial charge in [0.15, 0.2) is 11.5 Å². The summed E-state index contributed by atoms with van der Waals surface area (Å²) in [4.78, 5) is 18.7. The number of aromatic nitrogens is 1. The van der Waals surface area contributed by atoms with Crippen LogP contribution in [0, 0.1) is 0 Å². The molecule has 152 valence electrons. The smallest absolute Gasteiger partial charge is 0.228 e. The van der Waals surface area contributed by atoms with Gasteiger partial charge in [0.05, 0.1) is 13.5 Å². The third-order valence-electron chi connectivity index (χ3n) is 4.47. The monoisotopic (exact) mass is 385 g/mol. The van der Waals surface area contributed by atoms with E-state index in [4.69, 9.17) is 9.47 Å². The lowest BCUT2D eigenvalue weighted by molar-refractivity contribution is -0.115. The maximum Gasteiger partial charge on any atom is 0.228 e. The Kier molecular flexibility index (Phi) is 8.26. The number of anilines is 1. The highest BCUT2D eigenvalue weighted by Gasteiger charge is 2.14. The molecule has 2 aromatic rings. The normalized spacial score (nSPS) is 11.1. The van der Waals surface area contributed by atoms with Crippen LogP contribution in [0.15, 0.2) is 42.7 Å². The molecular formula is C22H31N3O3. The molecule has 0 unspecified atom stereocenters. The molecule has 0 aliphatic rings. The van der Waals surface area contributed by atoms with Crippen LogP contribution in [0.3, 0.4) is 0 Å². The second kappa shape index (κ2) is 10.7. The molecule has 0 aliphatic carbocycles. The third-order valence-corrected chi connectivity index (χ3v) is 4.47. The number of carbonyl (C=O) groups is 1. The summed E-state index contributed by atoms with van der Waals surface area (Å²) < 4.78 is 11.4. The fourth-order valence-electron chi connectivity index (χ4n) is 3.13. The summed E-state index contributed by atoms with van der Waals surface area (Å²) in [7, 11) is 1.61. The van der Waals surface area contributed by atoms with Gasteiger partial charge in [-0.2, -0.15) is 0 Å². The average Bonchev–Trinajstić information content (AvgIpc) is 2.65. The number of ether oxygens (including phenoxy) is 2. The minimum atomic E-state index is -0.102. The molecule has 0 saturated heterocycles. The summed E-state index contributed by atoms with van der Waals surface area (Å²) in [6, 6.07) is 10.0. The predicted octanol–water partition coefficient (Wildman–Crippen LogP) is 3.77. The second-order valence-corrected chi connectivity index (χ2v) is 7.23. The zero-order chi connectivity index (χ0) is 20.5. The molecule has 0 fully saturated rings. The van der Waals surface area contributed by atoms with Gasteiger partial charge in [-0.15, -0.1) is 0 Å². The molecule has 0 saturated carbocycles. The van der Waals surface area contributed by atoms with Crippen molar-refractivity contribution in [3.63, 3.8) is 0 Å². The van der Waals surface area contributed by atoms with E-state index in [9.17, 15) is 4.79 Å². The molecule has 0 spiro atoms. The minimum Gasteiger partial charge on any atom is -0.493 e. The molecule has 0 radical (unpaired) electrons. The van der Waals surface area contributed by atoms with Gasteiger partial charge in [0, 0.05) is 42.8 Å². The maximum atomic E-state index is 12.3. The minimum absolute atomic E-state index is 0.102. The van der Waals surface area contributed by atoms with Crippen LogP contribution >= 0.6 is 0 Å². The highest BCUT2D eigenvalue weighted by atomic mass is 16.5. The molecular weight excluding hydrogens is 354 g/mol. The Bertz CT molecular complexity index is 740. The van der Waals surface area contributed by atoms with Gasteiger partial charge in [-0.25, -0.2) is 0 Å². The Morgan fingerprint density at radius 2 is 1.89 bits per heavy atom. The average molecular weight is 386 g/mol. The maximum absolute atomic E-state index is 12.3. The van der Waals surface area contributed by atoms with Gasteiger partial charge < -0.3 is 14.8 Å². The Balaban J connectivity index is 1.99. The van der Waals surface area contributed by atoms with Crippen molar-refractivity contribution in [2.24, 2.45) is 0 Å². The first kappa shape index (κ1) is 21.7. The zero-order valence-electron chi connectivity index (χ0n) is 17.4. The lowest BCUT2D eigenvalue weighted by Gasteiger charge is -2.30. The van der Waals surface area contributed by atoms with E-state index in [0.717, 1.165) is 12.1 Å². The van der Waals surface area contributed by atoms with Gasteiger partial charge in [-0.05, 0) is 51.5 Å². The summed E-state index contributed by atoms with van der Waals surface area (Å²) in [6.45, 7) is 10.1. The van der Waals surface area contributed by atoms with Crippen LogP contribution < -0.4 is 14.8 Å². The van der Waals surface area contributed by atoms with Gasteiger partial charge in [0.1, 0.15) is 6.61 Å². The van der Waals surface area contributed by atoms with Crippen molar-refractivity contribution in [2.45, 2.75) is 46.2 Å². The predicted molar refractivity (Wildman–Crippen MR) is 112 cm³/mol. The Labute approximate surface area is 167 Å². The van der Waals surface area contributed by atoms with Crippen LogP contribution in [0.1, 0.15) is 33.3 Å². The Hall–Kier alpha value is -2.60. The number of benzene rings is 1. The molecule has 6 nitrogen and oxygen atoms in total. The first-order valence-corrected chi connectivity index (χ1v) is 9.66. The molecule has 0 aliphatic heterocycles. The van der Waals surface area contributed by atoms with Crippen LogP contribution in [0.4, 0.5) is 5.69 Å². The van der Waals surface area contributed by atoms with E-state index in [1.54, 1.807) is 37.7 Å². The van der Waals surface area contributed by atoms with E-state index in [-0.39, 0.29) is 12.3 Å². The lowest BCUT2D eigenvalue weighted by Crippen LogP contribution is -2.39. The highest BCUT2D eigenvalue weighted by molar-refractivity contribution is 5.92. The number of amides is 1. The van der Waals surface area contributed by atoms with E-state index >= 15 is 0 Å². The van der Waals surface area contributed by atoms with E-state index in [1.807, 2.05) is 12.1 Å². The van der Waals surface area contributed by atoms with Crippen molar-refractivity contribution in [1.82, 2.24) is 9.88 Å². The summed E-state index contributed by atoms with van der Waals surface area (Å²) in [5.74, 6) is 1.16. The standard InChI is InChI=1S/C22H31N3O3/c1-16(2)25(17(3)4)11-12-28-21-14-19(8-9-20(21)27-5)24-22(26)13-18-7-6-10-23-15-18/h6-10,14-17H,11-13H2,1-5H3,(H,24,26). The van der Waals surface area contributed by atoms with Crippen LogP contribution in [0.2, 0.25) is 0 Å². The van der Waals surface area contributed by atoms with Gasteiger partial charge >= 0.3 is 0 Å². The topological polar surface area (TPSA) is 63.7 Å². The van der Waals surface area contributed by atoms with Gasteiger partial charge in [-0.1, -0.05) is 6.07 Å². The molecule has 0 atom stereocenters. The Morgan fingerprint density at radius 3 is 2.50 bits per heavy atom. The van der Waals surface area contributed by atoms with Crippen LogP contribution in [0.5, 0.6) is 11.5 Å². The summed E-state index contributed by atoms with van der Waals surface area (Å²) in [6.07, 6.45) is 3.65. The zero-order valence-corrected chi connectivity index (χ0v) is 17.4. The molecule has 6 heteroatoms. The number of carbonyl (C=O) groups excluding carboxylic acids is 1. The van der Waals surface area contributed by atoms with E-state index in [0.29, 0.717) is 35.9 Å². The summed E-state index contributed by atoms with van der Waals surface area (Å²) in [5.41, 5.74) is 1.54. The third kappa shape index (κ3) is 6.53. The lowest BCUT2D eigenvalue weighted by atomic mass is 10.2. The van der Waals surface area contributed by atoms with Crippen LogP contribution in [-0.2, 0) is 11.2 Å². The van der Waals surface area contributed by atoms with Crippen molar-refractivity contribution >= 4 is 11.6 Å². The number of hydrogen-bond acceptors (Lipinski definition) is 5. The molecule has 1 aromatic heterocycles. The molecule has 1 amide bonds. The van der Waals surface area contributed by atoms with Crippen molar-refractivity contribution in [1.29, 1.82) is 0 Å². The van der Waals surface area contributed by atoms with Gasteiger partial charge in [0.25, 0.3) is 0 Å². The van der Waals surface area contributed by atoms with E-state index < -0.39 is 0 Å². The fourth-order valence-corrected chi connectivity index (χ4v) is 3.13. The largest absolute Gasteiger partial charge is 0.493 e. The first-order chi connectivity index (χ1) is 13.4. The summed E-state index contributed by atoms with van der Waals surface area (Å²) in [5, 5.41) is 2.91. The van der Waals surface area contributed by atoms with Crippen molar-refractivity contribution in [3.8, 4) is 11.5 Å².